The molecule has 0 aliphatic heterocycles. The number of carbonyl (C=O) groups is 1. The third-order valence-corrected chi connectivity index (χ3v) is 2.69. The minimum atomic E-state index is -0.104. The van der Waals surface area contributed by atoms with E-state index in [1.165, 1.54) is 0 Å². The van der Waals surface area contributed by atoms with E-state index in [4.69, 9.17) is 10.5 Å². The number of nitrogen functional groups attached to an aromatic ring is 1. The fraction of sp³-hybridized carbons (Fsp3) is 0.583. The molecular formula is C12H21N3O2. The van der Waals surface area contributed by atoms with Crippen molar-refractivity contribution in [2.24, 2.45) is 0 Å². The molecule has 1 aromatic heterocycles. The van der Waals surface area contributed by atoms with Crippen LogP contribution in [0.1, 0.15) is 30.8 Å². The van der Waals surface area contributed by atoms with Gasteiger partial charge in [0.05, 0.1) is 18.3 Å². The topological polar surface area (TPSA) is 69.3 Å². The molecule has 1 unspecified atom stereocenters. The summed E-state index contributed by atoms with van der Waals surface area (Å²) in [5.74, 6) is -0.104. The van der Waals surface area contributed by atoms with Crippen LogP contribution in [0.25, 0.3) is 0 Å². The summed E-state index contributed by atoms with van der Waals surface area (Å²) in [6, 6.07) is 1.73. The van der Waals surface area contributed by atoms with Crippen LogP contribution in [0.5, 0.6) is 0 Å². The molecule has 5 heteroatoms. The first kappa shape index (κ1) is 13.6. The number of ether oxygens (including phenoxy) is 1. The van der Waals surface area contributed by atoms with Crippen LogP contribution in [0.3, 0.4) is 0 Å². The van der Waals surface area contributed by atoms with Gasteiger partial charge in [-0.2, -0.15) is 0 Å². The summed E-state index contributed by atoms with van der Waals surface area (Å²) < 4.78 is 6.88. The van der Waals surface area contributed by atoms with E-state index in [-0.39, 0.29) is 11.9 Å². The lowest BCUT2D eigenvalue weighted by Crippen LogP contribution is -2.38. The van der Waals surface area contributed by atoms with Crippen molar-refractivity contribution in [3.8, 4) is 0 Å². The van der Waals surface area contributed by atoms with E-state index < -0.39 is 0 Å². The third-order valence-electron chi connectivity index (χ3n) is 2.69. The van der Waals surface area contributed by atoms with Gasteiger partial charge in [-0.25, -0.2) is 0 Å². The van der Waals surface area contributed by atoms with Gasteiger partial charge in [0.1, 0.15) is 5.69 Å². The summed E-state index contributed by atoms with van der Waals surface area (Å²) in [4.78, 5) is 12.0. The molecule has 1 amide bonds. The van der Waals surface area contributed by atoms with Crippen molar-refractivity contribution >= 4 is 11.6 Å². The van der Waals surface area contributed by atoms with Gasteiger partial charge in [-0.05, 0) is 19.4 Å². The number of nitrogens with two attached hydrogens (primary N) is 1. The van der Waals surface area contributed by atoms with Crippen molar-refractivity contribution < 1.29 is 9.53 Å². The second-order valence-corrected chi connectivity index (χ2v) is 3.98. The van der Waals surface area contributed by atoms with Crippen LogP contribution >= 0.6 is 0 Å². The Hall–Kier alpha value is -1.49. The van der Waals surface area contributed by atoms with Gasteiger partial charge in [0, 0.05) is 19.9 Å². The summed E-state index contributed by atoms with van der Waals surface area (Å²) in [5, 5.41) is 2.93. The van der Waals surface area contributed by atoms with Crippen molar-refractivity contribution in [2.45, 2.75) is 32.9 Å². The first-order chi connectivity index (χ1) is 8.12. The average molecular weight is 239 g/mol. The summed E-state index contributed by atoms with van der Waals surface area (Å²) in [6.07, 6.45) is 2.61. The zero-order valence-electron chi connectivity index (χ0n) is 10.7. The molecule has 0 saturated carbocycles. The summed E-state index contributed by atoms with van der Waals surface area (Å²) in [6.45, 7) is 5.23. The van der Waals surface area contributed by atoms with Crippen LogP contribution in [-0.2, 0) is 11.3 Å². The fourth-order valence-electron chi connectivity index (χ4n) is 1.71. The lowest BCUT2D eigenvalue weighted by molar-refractivity contribution is 0.0885. The second kappa shape index (κ2) is 6.30. The molecule has 1 aromatic rings. The van der Waals surface area contributed by atoms with Crippen LogP contribution in [0.15, 0.2) is 12.3 Å². The molecule has 5 nitrogen and oxygen atoms in total. The predicted octanol–water partition coefficient (Wildman–Crippen LogP) is 1.24. The number of nitrogens with one attached hydrogen (secondary N) is 1. The van der Waals surface area contributed by atoms with E-state index in [0.717, 1.165) is 13.0 Å². The summed E-state index contributed by atoms with van der Waals surface area (Å²) in [7, 11) is 1.63. The second-order valence-electron chi connectivity index (χ2n) is 3.98. The lowest BCUT2D eigenvalue weighted by atomic mass is 10.2. The highest BCUT2D eigenvalue weighted by Crippen LogP contribution is 2.10. The smallest absolute Gasteiger partial charge is 0.268 e. The minimum Gasteiger partial charge on any atom is -0.397 e. The number of carbonyl (C=O) groups excluding carboxylic acids is 1. The molecule has 0 bridgehead atoms. The Morgan fingerprint density at radius 3 is 2.82 bits per heavy atom. The van der Waals surface area contributed by atoms with E-state index in [1.807, 2.05) is 18.4 Å². The van der Waals surface area contributed by atoms with Gasteiger partial charge in [0.2, 0.25) is 0 Å². The molecule has 0 aliphatic carbocycles. The van der Waals surface area contributed by atoms with Crippen molar-refractivity contribution in [2.75, 3.05) is 19.5 Å². The van der Waals surface area contributed by atoms with Crippen LogP contribution in [-0.4, -0.2) is 30.2 Å². The van der Waals surface area contributed by atoms with E-state index in [0.29, 0.717) is 18.0 Å². The maximum absolute atomic E-state index is 12.0. The summed E-state index contributed by atoms with van der Waals surface area (Å²) in [5.41, 5.74) is 6.89. The molecule has 1 atom stereocenters. The Morgan fingerprint density at radius 1 is 1.59 bits per heavy atom. The highest BCUT2D eigenvalue weighted by Gasteiger charge is 2.15. The van der Waals surface area contributed by atoms with Crippen LogP contribution in [0.2, 0.25) is 0 Å². The molecule has 0 radical (unpaired) electrons. The number of aromatic nitrogens is 1. The fourth-order valence-corrected chi connectivity index (χ4v) is 1.71. The molecule has 0 aliphatic rings. The van der Waals surface area contributed by atoms with Gasteiger partial charge in [-0.15, -0.1) is 0 Å². The Kier molecular flexibility index (Phi) is 5.03. The minimum absolute atomic E-state index is 0.0360. The largest absolute Gasteiger partial charge is 0.397 e. The molecule has 0 saturated heterocycles. The number of anilines is 1. The van der Waals surface area contributed by atoms with Gasteiger partial charge in [-0.3, -0.25) is 4.79 Å². The molecule has 17 heavy (non-hydrogen) atoms. The molecule has 3 N–H and O–H groups in total. The third kappa shape index (κ3) is 3.49. The number of methoxy groups -OCH3 is 1. The molecule has 1 rings (SSSR count). The Labute approximate surface area is 102 Å². The number of amides is 1. The van der Waals surface area contributed by atoms with E-state index in [9.17, 15) is 4.79 Å². The Morgan fingerprint density at radius 2 is 2.29 bits per heavy atom. The van der Waals surface area contributed by atoms with Crippen molar-refractivity contribution in [1.82, 2.24) is 9.88 Å². The normalized spacial score (nSPS) is 12.4. The molecule has 96 valence electrons. The monoisotopic (exact) mass is 239 g/mol. The maximum atomic E-state index is 12.0. The summed E-state index contributed by atoms with van der Waals surface area (Å²) >= 11 is 0. The molecule has 0 spiro atoms. The number of rotatable bonds is 6. The van der Waals surface area contributed by atoms with Crippen molar-refractivity contribution in [3.63, 3.8) is 0 Å². The van der Waals surface area contributed by atoms with Gasteiger partial charge in [0.15, 0.2) is 0 Å². The predicted molar refractivity (Wildman–Crippen MR) is 67.9 cm³/mol. The number of hydrogen-bond acceptors (Lipinski definition) is 3. The lowest BCUT2D eigenvalue weighted by Gasteiger charge is -2.16. The van der Waals surface area contributed by atoms with Crippen LogP contribution < -0.4 is 11.1 Å². The van der Waals surface area contributed by atoms with Crippen LogP contribution in [0, 0.1) is 0 Å². The number of aryl methyl sites for hydroxylation is 1. The Bertz CT molecular complexity index is 374. The van der Waals surface area contributed by atoms with Crippen molar-refractivity contribution in [1.29, 1.82) is 0 Å². The standard InChI is InChI=1S/C12H21N3O2/c1-4-10(8-17-3)14-12(16)11-6-9(13)7-15(11)5-2/h6-7,10H,4-5,8,13H2,1-3H3,(H,14,16). The van der Waals surface area contributed by atoms with Crippen molar-refractivity contribution in [3.05, 3.63) is 18.0 Å². The van der Waals surface area contributed by atoms with Gasteiger partial charge < -0.3 is 20.4 Å². The highest BCUT2D eigenvalue weighted by molar-refractivity contribution is 5.94. The van der Waals surface area contributed by atoms with Gasteiger partial charge >= 0.3 is 0 Å². The molecular weight excluding hydrogens is 218 g/mol. The van der Waals surface area contributed by atoms with E-state index >= 15 is 0 Å². The maximum Gasteiger partial charge on any atom is 0.268 e. The molecule has 0 aromatic carbocycles. The number of nitrogens with zero attached hydrogens (tertiary/aromatic N) is 1. The first-order valence-electron chi connectivity index (χ1n) is 5.87. The quantitative estimate of drug-likeness (QED) is 0.785. The van der Waals surface area contributed by atoms with E-state index in [2.05, 4.69) is 5.32 Å². The number of hydrogen-bond donors (Lipinski definition) is 2. The average Bonchev–Trinajstić information content (AvgIpc) is 2.69. The zero-order chi connectivity index (χ0) is 12.8. The van der Waals surface area contributed by atoms with Gasteiger partial charge in [0.25, 0.3) is 5.91 Å². The molecule has 0 fully saturated rings. The molecule has 1 heterocycles. The SMILES string of the molecule is CCC(COC)NC(=O)c1cc(N)cn1CC. The van der Waals surface area contributed by atoms with Gasteiger partial charge in [-0.1, -0.05) is 6.92 Å². The highest BCUT2D eigenvalue weighted by atomic mass is 16.5. The zero-order valence-corrected chi connectivity index (χ0v) is 10.7. The van der Waals surface area contributed by atoms with E-state index in [1.54, 1.807) is 19.4 Å². The Balaban J connectivity index is 2.74. The van der Waals surface area contributed by atoms with Crippen LogP contribution in [0.4, 0.5) is 5.69 Å². The first-order valence-corrected chi connectivity index (χ1v) is 5.87.